The summed E-state index contributed by atoms with van der Waals surface area (Å²) in [5.41, 5.74) is 2.17. The van der Waals surface area contributed by atoms with Gasteiger partial charge in [-0.05, 0) is 104 Å². The van der Waals surface area contributed by atoms with Crippen LogP contribution in [0.1, 0.15) is 68.2 Å². The van der Waals surface area contributed by atoms with Gasteiger partial charge in [0.2, 0.25) is 0 Å². The molecule has 3 aliphatic rings. The molecule has 6 rings (SSSR count). The Morgan fingerprint density at radius 3 is 2.76 bits per heavy atom. The van der Waals surface area contributed by atoms with Crippen LogP contribution in [-0.2, 0) is 12.8 Å². The largest absolute Gasteiger partial charge is 0.508 e. The molecule has 2 aromatic carbocycles. The zero-order valence-corrected chi connectivity index (χ0v) is 20.8. The van der Waals surface area contributed by atoms with Gasteiger partial charge in [0, 0.05) is 17.9 Å². The second kappa shape index (κ2) is 8.84. The molecule has 2 fully saturated rings. The summed E-state index contributed by atoms with van der Waals surface area (Å²) in [5, 5.41) is 18.0. The molecule has 0 saturated heterocycles. The van der Waals surface area contributed by atoms with Crippen molar-refractivity contribution >= 4 is 0 Å². The smallest absolute Gasteiger partial charge is 0.253 e. The van der Waals surface area contributed by atoms with E-state index in [0.29, 0.717) is 31.4 Å². The third-order valence-corrected chi connectivity index (χ3v) is 9.53. The Kier molecular flexibility index (Phi) is 5.84. The van der Waals surface area contributed by atoms with Crippen molar-refractivity contribution in [2.45, 2.75) is 70.1 Å². The van der Waals surface area contributed by atoms with Crippen molar-refractivity contribution in [1.82, 2.24) is 15.0 Å². The minimum absolute atomic E-state index is 0.0489. The van der Waals surface area contributed by atoms with Crippen LogP contribution in [0.5, 0.6) is 5.75 Å². The second-order valence-corrected chi connectivity index (χ2v) is 11.5. The molecule has 0 radical (unpaired) electrons. The van der Waals surface area contributed by atoms with E-state index in [2.05, 4.69) is 10.3 Å². The number of nitrogens with zero attached hydrogens (tertiary/aromatic N) is 3. The van der Waals surface area contributed by atoms with E-state index < -0.39 is 23.0 Å². The van der Waals surface area contributed by atoms with Crippen LogP contribution in [0, 0.1) is 34.8 Å². The molecule has 0 amide bonds. The van der Waals surface area contributed by atoms with E-state index in [1.165, 1.54) is 22.4 Å². The van der Waals surface area contributed by atoms with Crippen LogP contribution in [0.15, 0.2) is 42.6 Å². The van der Waals surface area contributed by atoms with Crippen LogP contribution < -0.4 is 0 Å². The fraction of sp³-hybridized carbons (Fsp3) is 0.517. The number of hydrogen-bond acceptors (Lipinski definition) is 3. The van der Waals surface area contributed by atoms with E-state index >= 15 is 8.78 Å². The number of benzene rings is 2. The Morgan fingerprint density at radius 2 is 1.95 bits per heavy atom. The van der Waals surface area contributed by atoms with Gasteiger partial charge in [0.25, 0.3) is 5.92 Å². The van der Waals surface area contributed by atoms with Gasteiger partial charge in [-0.1, -0.05) is 18.2 Å². The number of fused-ring (bicyclic) bond motifs is 5. The molecule has 1 aromatic heterocycles. The van der Waals surface area contributed by atoms with Crippen LogP contribution in [0.2, 0.25) is 0 Å². The lowest BCUT2D eigenvalue weighted by molar-refractivity contribution is -0.133. The summed E-state index contributed by atoms with van der Waals surface area (Å²) >= 11 is 0. The molecule has 8 heteroatoms. The summed E-state index contributed by atoms with van der Waals surface area (Å²) in [6, 6.07) is 8.84. The Hall–Kier alpha value is -2.90. The summed E-state index contributed by atoms with van der Waals surface area (Å²) in [6.45, 7) is 1.81. The van der Waals surface area contributed by atoms with Crippen LogP contribution in [0.4, 0.5) is 17.6 Å². The SMILES string of the molecule is CC12CC[C@@H]3c4ccc(O)cc4CCC3[C@@H]1[C@H](CCCc1cn(-c3ccc(F)cc3F)nn1)CC2(F)F. The topological polar surface area (TPSA) is 50.9 Å². The number of phenolic OH excluding ortho intramolecular Hbond substituents is 1. The fourth-order valence-electron chi connectivity index (χ4n) is 7.83. The number of hydrogen-bond donors (Lipinski definition) is 1. The number of halogens is 4. The molecule has 2 unspecified atom stereocenters. The van der Waals surface area contributed by atoms with Crippen LogP contribution in [0.3, 0.4) is 0 Å². The molecule has 1 heterocycles. The van der Waals surface area contributed by atoms with Crippen molar-refractivity contribution in [3.05, 3.63) is 71.1 Å². The summed E-state index contributed by atoms with van der Waals surface area (Å²) < 4.78 is 59.6. The van der Waals surface area contributed by atoms with Gasteiger partial charge < -0.3 is 5.11 Å². The van der Waals surface area contributed by atoms with E-state index in [4.69, 9.17) is 0 Å². The van der Waals surface area contributed by atoms with Gasteiger partial charge in [0.1, 0.15) is 17.3 Å². The van der Waals surface area contributed by atoms with E-state index in [1.807, 2.05) is 19.1 Å². The zero-order chi connectivity index (χ0) is 25.9. The molecule has 0 aliphatic heterocycles. The number of aromatic hydroxyl groups is 1. The molecule has 5 atom stereocenters. The van der Waals surface area contributed by atoms with Crippen LogP contribution >= 0.6 is 0 Å². The third kappa shape index (κ3) is 4.03. The van der Waals surface area contributed by atoms with Crippen molar-refractivity contribution in [3.63, 3.8) is 0 Å². The molecule has 3 aliphatic carbocycles. The molecule has 196 valence electrons. The van der Waals surface area contributed by atoms with Gasteiger partial charge >= 0.3 is 0 Å². The van der Waals surface area contributed by atoms with Crippen molar-refractivity contribution in [2.75, 3.05) is 0 Å². The first-order chi connectivity index (χ1) is 17.7. The van der Waals surface area contributed by atoms with E-state index in [-0.39, 0.29) is 41.5 Å². The minimum Gasteiger partial charge on any atom is -0.508 e. The molecular formula is C29H31F4N3O. The van der Waals surface area contributed by atoms with Crippen molar-refractivity contribution < 1.29 is 22.7 Å². The number of aromatic nitrogens is 3. The molecule has 4 nitrogen and oxygen atoms in total. The van der Waals surface area contributed by atoms with Gasteiger partial charge in [0.15, 0.2) is 5.82 Å². The first kappa shape index (κ1) is 24.4. The Bertz CT molecular complexity index is 1320. The molecule has 1 N–H and O–H groups in total. The molecule has 0 bridgehead atoms. The van der Waals surface area contributed by atoms with Gasteiger partial charge in [-0.3, -0.25) is 0 Å². The van der Waals surface area contributed by atoms with Crippen LogP contribution in [0.25, 0.3) is 5.69 Å². The van der Waals surface area contributed by atoms with E-state index in [0.717, 1.165) is 30.9 Å². The number of aryl methyl sites for hydroxylation is 2. The molecule has 37 heavy (non-hydrogen) atoms. The highest BCUT2D eigenvalue weighted by molar-refractivity contribution is 5.40. The minimum atomic E-state index is -2.69. The maximum atomic E-state index is 15.5. The lowest BCUT2D eigenvalue weighted by Gasteiger charge is -2.51. The molecule has 2 saturated carbocycles. The average molecular weight is 514 g/mol. The molecule has 0 spiro atoms. The average Bonchev–Trinajstić information content (AvgIpc) is 3.38. The van der Waals surface area contributed by atoms with Crippen molar-refractivity contribution in [3.8, 4) is 11.4 Å². The van der Waals surface area contributed by atoms with E-state index in [1.54, 1.807) is 12.3 Å². The van der Waals surface area contributed by atoms with Crippen LogP contribution in [-0.4, -0.2) is 26.0 Å². The summed E-state index contributed by atoms with van der Waals surface area (Å²) in [5.74, 6) is -3.44. The monoisotopic (exact) mass is 513 g/mol. The number of phenols is 1. The Labute approximate surface area is 213 Å². The fourth-order valence-corrected chi connectivity index (χ4v) is 7.83. The molecule has 3 aromatic rings. The van der Waals surface area contributed by atoms with Gasteiger partial charge in [0.05, 0.1) is 11.9 Å². The Balaban J connectivity index is 1.18. The maximum Gasteiger partial charge on any atom is 0.253 e. The Morgan fingerprint density at radius 1 is 1.11 bits per heavy atom. The first-order valence-electron chi connectivity index (χ1n) is 13.2. The first-order valence-corrected chi connectivity index (χ1v) is 13.2. The standard InChI is InChI=1S/C29H31F4N3O/c1-28-12-11-23-22-9-7-21(37)13-17(22)5-8-24(23)27(28)18(15-29(28,32)33)3-2-4-20-16-36(35-34-20)26-10-6-19(30)14-25(26)31/h6-7,9-10,13-14,16,18,23-24,27,37H,2-5,8,11-12,15H2,1H3/t18-,23-,24?,27+,28?/m1/s1. The summed E-state index contributed by atoms with van der Waals surface area (Å²) in [6.07, 6.45) is 6.45. The predicted octanol–water partition coefficient (Wildman–Crippen LogP) is 6.99. The molecular weight excluding hydrogens is 482 g/mol. The number of alkyl halides is 2. The predicted molar refractivity (Wildman–Crippen MR) is 131 cm³/mol. The quantitative estimate of drug-likeness (QED) is 0.374. The van der Waals surface area contributed by atoms with Gasteiger partial charge in [-0.2, -0.15) is 0 Å². The highest BCUT2D eigenvalue weighted by atomic mass is 19.3. The second-order valence-electron chi connectivity index (χ2n) is 11.5. The lowest BCUT2D eigenvalue weighted by atomic mass is 9.53. The van der Waals surface area contributed by atoms with Gasteiger partial charge in [-0.25, -0.2) is 22.2 Å². The van der Waals surface area contributed by atoms with Gasteiger partial charge in [-0.15, -0.1) is 5.10 Å². The maximum absolute atomic E-state index is 15.5. The third-order valence-electron chi connectivity index (χ3n) is 9.53. The summed E-state index contributed by atoms with van der Waals surface area (Å²) in [7, 11) is 0. The highest BCUT2D eigenvalue weighted by Crippen LogP contribution is 2.68. The normalized spacial score (nSPS) is 30.0. The highest BCUT2D eigenvalue weighted by Gasteiger charge is 2.67. The number of rotatable bonds is 5. The van der Waals surface area contributed by atoms with Crippen molar-refractivity contribution in [2.24, 2.45) is 23.2 Å². The summed E-state index contributed by atoms with van der Waals surface area (Å²) in [4.78, 5) is 0. The zero-order valence-electron chi connectivity index (χ0n) is 20.8. The van der Waals surface area contributed by atoms with Crippen molar-refractivity contribution in [1.29, 1.82) is 0 Å². The lowest BCUT2D eigenvalue weighted by Crippen LogP contribution is -2.47. The van der Waals surface area contributed by atoms with E-state index in [9.17, 15) is 13.9 Å².